The third-order valence-electron chi connectivity index (χ3n) is 12.1. The molecule has 1 saturated heterocycles. The van der Waals surface area contributed by atoms with Crippen LogP contribution in [0.5, 0.6) is 0 Å². The number of halogens is 2. The van der Waals surface area contributed by atoms with Crippen molar-refractivity contribution in [2.75, 3.05) is 42.5 Å². The Kier molecular flexibility index (Phi) is 9.90. The number of alkyl halides is 2. The zero-order valence-corrected chi connectivity index (χ0v) is 31.9. The third-order valence-corrected chi connectivity index (χ3v) is 17.4. The lowest BCUT2D eigenvalue weighted by molar-refractivity contribution is -0.125. The van der Waals surface area contributed by atoms with Crippen LogP contribution in [0.15, 0.2) is 60.7 Å². The highest BCUT2D eigenvalue weighted by Gasteiger charge is 2.59. The molecule has 2 spiro atoms. The van der Waals surface area contributed by atoms with Crippen LogP contribution >= 0.6 is 0 Å². The summed E-state index contributed by atoms with van der Waals surface area (Å²) < 4.78 is 36.1. The van der Waals surface area contributed by atoms with Crippen LogP contribution in [0.4, 0.5) is 20.2 Å². The molecule has 0 bridgehead atoms. The normalized spacial score (nSPS) is 18.0. The summed E-state index contributed by atoms with van der Waals surface area (Å²) in [5.74, 6) is -3.05. The van der Waals surface area contributed by atoms with Gasteiger partial charge in [0.05, 0.1) is 11.5 Å². The molecule has 278 valence electrons. The fourth-order valence-corrected chi connectivity index (χ4v) is 15.1. The Labute approximate surface area is 310 Å². The van der Waals surface area contributed by atoms with Gasteiger partial charge in [0.15, 0.2) is 17.2 Å². The van der Waals surface area contributed by atoms with Crippen LogP contribution in [-0.2, 0) is 19.9 Å². The predicted octanol–water partition coefficient (Wildman–Crippen LogP) is 6.28. The van der Waals surface area contributed by atoms with Gasteiger partial charge in [-0.1, -0.05) is 31.4 Å². The summed E-state index contributed by atoms with van der Waals surface area (Å²) in [5.41, 5.74) is 1.97. The number of benzene rings is 3. The summed E-state index contributed by atoms with van der Waals surface area (Å²) in [7, 11) is -2.46. The zero-order valence-electron chi connectivity index (χ0n) is 30.9. The van der Waals surface area contributed by atoms with Crippen LogP contribution in [-0.4, -0.2) is 64.2 Å². The maximum absolute atomic E-state index is 14.7. The smallest absolute Gasteiger partial charge is 0.340 e. The summed E-state index contributed by atoms with van der Waals surface area (Å²) in [6.45, 7) is 11.8. The molecule has 3 aliphatic heterocycles. The highest BCUT2D eigenvalue weighted by molar-refractivity contribution is 7.03. The summed E-state index contributed by atoms with van der Waals surface area (Å²) >= 11 is 0. The highest BCUT2D eigenvalue weighted by atomic mass is 28.3. The second-order valence-corrected chi connectivity index (χ2v) is 18.8. The average molecular weight is 740 g/mol. The Morgan fingerprint density at radius 1 is 0.811 bits per heavy atom. The van der Waals surface area contributed by atoms with Crippen molar-refractivity contribution >= 4 is 53.3 Å². The first-order valence-electron chi connectivity index (χ1n) is 19.1. The van der Waals surface area contributed by atoms with Crippen LogP contribution in [0.3, 0.4) is 0 Å². The number of carbonyl (C=O) groups is 4. The van der Waals surface area contributed by atoms with Gasteiger partial charge in [0, 0.05) is 71.9 Å². The molecule has 0 radical (unpaired) electrons. The first-order chi connectivity index (χ1) is 25.5. The Morgan fingerprint density at radius 2 is 1.36 bits per heavy atom. The average Bonchev–Trinajstić information content (AvgIpc) is 3.65. The minimum absolute atomic E-state index is 0.0175. The van der Waals surface area contributed by atoms with Crippen LogP contribution in [0.2, 0.25) is 12.1 Å². The topological polar surface area (TPSA) is 96.0 Å². The van der Waals surface area contributed by atoms with E-state index in [2.05, 4.69) is 79.2 Å². The standard InChI is InChI=1S/C42H47F2N3O5Si/c1-5-46(6-2)26-12-14-32-37(22-26)53(20-10-9-11-21-53)38-23-27(47(7-3)8-4)13-15-33(38)42(32)34-25-30(29(39(43)44)24-31(34)41(51)52-42)40(50)45-19-18-28-35(48)16-17-36(28)49/h12-17,22-25,28,39H,5-11,18-21H2,1-4H3,(H,45,50). The summed E-state index contributed by atoms with van der Waals surface area (Å²) in [5, 5.41) is 5.08. The molecule has 8 nitrogen and oxygen atoms in total. The molecule has 0 saturated carbocycles. The largest absolute Gasteiger partial charge is 0.441 e. The Morgan fingerprint density at radius 3 is 1.87 bits per heavy atom. The Hall–Kier alpha value is -4.64. The van der Waals surface area contributed by atoms with Gasteiger partial charge >= 0.3 is 5.97 Å². The first kappa shape index (κ1) is 36.7. The Bertz CT molecular complexity index is 1930. The van der Waals surface area contributed by atoms with E-state index in [1.165, 1.54) is 28.6 Å². The number of fused-ring (bicyclic) bond motifs is 8. The van der Waals surface area contributed by atoms with Crippen molar-refractivity contribution in [3.63, 3.8) is 0 Å². The van der Waals surface area contributed by atoms with E-state index in [0.717, 1.165) is 86.1 Å². The number of hydrogen-bond acceptors (Lipinski definition) is 7. The number of rotatable bonds is 11. The third kappa shape index (κ3) is 5.82. The van der Waals surface area contributed by atoms with Crippen LogP contribution < -0.4 is 25.5 Å². The molecule has 1 aliphatic carbocycles. The van der Waals surface area contributed by atoms with Gasteiger partial charge in [0.1, 0.15) is 8.07 Å². The van der Waals surface area contributed by atoms with Gasteiger partial charge < -0.3 is 19.9 Å². The maximum atomic E-state index is 14.7. The lowest BCUT2D eigenvalue weighted by Gasteiger charge is -2.48. The van der Waals surface area contributed by atoms with Crippen molar-refractivity contribution in [3.05, 3.63) is 94.1 Å². The van der Waals surface area contributed by atoms with E-state index >= 15 is 0 Å². The number of ketones is 2. The van der Waals surface area contributed by atoms with Crippen molar-refractivity contribution in [1.82, 2.24) is 5.32 Å². The Balaban J connectivity index is 1.44. The van der Waals surface area contributed by atoms with Crippen LogP contribution in [0.25, 0.3) is 0 Å². The molecule has 11 heteroatoms. The number of esters is 1. The van der Waals surface area contributed by atoms with Gasteiger partial charge in [0.25, 0.3) is 12.3 Å². The number of ether oxygens (including phenoxy) is 1. The molecule has 3 aromatic rings. The summed E-state index contributed by atoms with van der Waals surface area (Å²) in [6, 6.07) is 17.5. The van der Waals surface area contributed by atoms with E-state index in [1.807, 2.05) is 0 Å². The molecule has 0 aromatic heterocycles. The van der Waals surface area contributed by atoms with Crippen molar-refractivity contribution in [2.24, 2.45) is 5.92 Å². The first-order valence-corrected chi connectivity index (χ1v) is 21.5. The van der Waals surface area contributed by atoms with Crippen molar-refractivity contribution in [2.45, 2.75) is 77.5 Å². The monoisotopic (exact) mass is 739 g/mol. The van der Waals surface area contributed by atoms with Gasteiger partial charge in [-0.3, -0.25) is 14.4 Å². The number of hydrogen-bond donors (Lipinski definition) is 1. The van der Waals surface area contributed by atoms with Crippen molar-refractivity contribution in [3.8, 4) is 0 Å². The molecule has 7 rings (SSSR count). The summed E-state index contributed by atoms with van der Waals surface area (Å²) in [4.78, 5) is 56.8. The molecular weight excluding hydrogens is 693 g/mol. The molecule has 3 heterocycles. The molecule has 1 N–H and O–H groups in total. The van der Waals surface area contributed by atoms with E-state index in [0.29, 0.717) is 5.56 Å². The number of nitrogens with one attached hydrogen (secondary N) is 1. The lowest BCUT2D eigenvalue weighted by atomic mass is 9.78. The second-order valence-electron chi connectivity index (χ2n) is 14.5. The van der Waals surface area contributed by atoms with E-state index in [1.54, 1.807) is 0 Å². The molecule has 0 unspecified atom stereocenters. The highest BCUT2D eigenvalue weighted by Crippen LogP contribution is 2.52. The molecule has 1 amide bonds. The van der Waals surface area contributed by atoms with Crippen LogP contribution in [0, 0.1) is 5.92 Å². The second kappa shape index (κ2) is 14.3. The van der Waals surface area contributed by atoms with Crippen molar-refractivity contribution < 1.29 is 32.7 Å². The van der Waals surface area contributed by atoms with E-state index < -0.39 is 43.5 Å². The van der Waals surface area contributed by atoms with Gasteiger partial charge in [-0.15, -0.1) is 0 Å². The number of carbonyl (C=O) groups excluding carboxylic acids is 4. The van der Waals surface area contributed by atoms with E-state index in [-0.39, 0.29) is 35.7 Å². The molecule has 0 atom stereocenters. The van der Waals surface area contributed by atoms with Gasteiger partial charge in [-0.2, -0.15) is 0 Å². The number of anilines is 2. The number of amides is 1. The number of allylic oxidation sites excluding steroid dienone is 2. The van der Waals surface area contributed by atoms with Gasteiger partial charge in [-0.25, -0.2) is 13.6 Å². The maximum Gasteiger partial charge on any atom is 0.340 e. The van der Waals surface area contributed by atoms with E-state index in [9.17, 15) is 28.0 Å². The van der Waals surface area contributed by atoms with Gasteiger partial charge in [0.2, 0.25) is 0 Å². The van der Waals surface area contributed by atoms with E-state index in [4.69, 9.17) is 4.74 Å². The summed E-state index contributed by atoms with van der Waals surface area (Å²) in [6.07, 6.45) is 2.78. The zero-order chi connectivity index (χ0) is 37.7. The molecule has 4 aliphatic rings. The fourth-order valence-electron chi connectivity index (χ4n) is 9.37. The predicted molar refractivity (Wildman–Crippen MR) is 205 cm³/mol. The van der Waals surface area contributed by atoms with Gasteiger partial charge in [-0.05, 0) is 105 Å². The lowest BCUT2D eigenvalue weighted by Crippen LogP contribution is -2.67. The van der Waals surface area contributed by atoms with Crippen LogP contribution in [0.1, 0.15) is 103 Å². The molecular formula is C42H47F2N3O5Si. The van der Waals surface area contributed by atoms with Crippen molar-refractivity contribution in [1.29, 1.82) is 0 Å². The molecule has 3 aromatic carbocycles. The minimum Gasteiger partial charge on any atom is -0.441 e. The number of nitrogens with zero attached hydrogens (tertiary/aromatic N) is 2. The molecule has 53 heavy (non-hydrogen) atoms. The fraction of sp³-hybridized carbons (Fsp3) is 0.429. The minimum atomic E-state index is -3.05. The quantitative estimate of drug-likeness (QED) is 0.141. The molecule has 1 fully saturated rings. The SMILES string of the molecule is CCN(CC)c1ccc2c(c1)[Si]1(CCCCC1)c1cc(N(CC)CC)ccc1C21OC(=O)c2cc(C(F)F)c(C(=O)NCCC3C(=O)C=CC3=O)cc21.